The van der Waals surface area contributed by atoms with Gasteiger partial charge in [-0.05, 0) is 85.9 Å². The zero-order valence-corrected chi connectivity index (χ0v) is 20.1. The first-order valence-electron chi connectivity index (χ1n) is 12.1. The molecule has 5 rings (SSSR count). The summed E-state index contributed by atoms with van der Waals surface area (Å²) in [7, 11) is 2.17. The highest BCUT2D eigenvalue weighted by atomic mass is 16.5. The molecule has 0 unspecified atom stereocenters. The van der Waals surface area contributed by atoms with E-state index in [4.69, 9.17) is 4.74 Å². The molecule has 0 N–H and O–H groups in total. The third-order valence-electron chi connectivity index (χ3n) is 8.61. The maximum absolute atomic E-state index is 6.77. The summed E-state index contributed by atoms with van der Waals surface area (Å²) in [5.74, 6) is 2.72. The van der Waals surface area contributed by atoms with Crippen molar-refractivity contribution in [3.63, 3.8) is 0 Å². The highest BCUT2D eigenvalue weighted by Gasteiger charge is 2.37. The van der Waals surface area contributed by atoms with E-state index in [1.807, 2.05) is 0 Å². The van der Waals surface area contributed by atoms with Gasteiger partial charge in [0.2, 0.25) is 5.75 Å². The quantitative estimate of drug-likeness (QED) is 0.311. The second kappa shape index (κ2) is 7.36. The van der Waals surface area contributed by atoms with E-state index in [1.54, 1.807) is 0 Å². The Labute approximate surface area is 187 Å². The summed E-state index contributed by atoms with van der Waals surface area (Å²) >= 11 is 0. The Hall–Kier alpha value is -2.35. The van der Waals surface area contributed by atoms with Crippen LogP contribution in [0.5, 0.6) is 11.5 Å². The number of benzene rings is 2. The second-order valence-corrected chi connectivity index (χ2v) is 10.2. The number of aryl methyl sites for hydroxylation is 3. The molecule has 3 aromatic rings. The summed E-state index contributed by atoms with van der Waals surface area (Å²) in [4.78, 5) is 0. The fourth-order valence-corrected chi connectivity index (χ4v) is 6.23. The van der Waals surface area contributed by atoms with Gasteiger partial charge in [-0.1, -0.05) is 38.8 Å². The molecule has 1 aliphatic heterocycles. The van der Waals surface area contributed by atoms with Gasteiger partial charge in [-0.25, -0.2) is 0 Å². The molecule has 2 heterocycles. The molecule has 0 amide bonds. The summed E-state index contributed by atoms with van der Waals surface area (Å²) in [5, 5.41) is 2.56. The third-order valence-corrected chi connectivity index (χ3v) is 8.61. The lowest BCUT2D eigenvalue weighted by Gasteiger charge is -2.39. The molecule has 1 fully saturated rings. The van der Waals surface area contributed by atoms with E-state index in [1.165, 1.54) is 82.8 Å². The zero-order chi connectivity index (χ0) is 21.9. The number of hydrogen-bond donors (Lipinski definition) is 0. The molecule has 2 aromatic carbocycles. The first kappa shape index (κ1) is 20.5. The van der Waals surface area contributed by atoms with Crippen molar-refractivity contribution in [2.75, 3.05) is 0 Å². The van der Waals surface area contributed by atoms with Gasteiger partial charge in [-0.15, -0.1) is 0 Å². The van der Waals surface area contributed by atoms with Gasteiger partial charge in [0.25, 0.3) is 5.69 Å². The molecule has 1 aliphatic carbocycles. The number of hydrogen-bond acceptors (Lipinski definition) is 1. The van der Waals surface area contributed by atoms with Crippen molar-refractivity contribution in [2.45, 2.75) is 79.1 Å². The average Bonchev–Trinajstić information content (AvgIpc) is 2.77. The Bertz CT molecular complexity index is 1180. The minimum atomic E-state index is 0.555. The van der Waals surface area contributed by atoms with E-state index in [0.717, 1.165) is 11.5 Å². The Morgan fingerprint density at radius 3 is 2.42 bits per heavy atom. The minimum absolute atomic E-state index is 0.555. The van der Waals surface area contributed by atoms with Crippen molar-refractivity contribution >= 4 is 10.8 Å². The first-order valence-corrected chi connectivity index (χ1v) is 12.1. The van der Waals surface area contributed by atoms with E-state index in [9.17, 15) is 0 Å². The molecule has 0 saturated heterocycles. The van der Waals surface area contributed by atoms with Crippen molar-refractivity contribution < 1.29 is 9.30 Å². The fraction of sp³-hybridized carbons (Fsp3) is 0.483. The summed E-state index contributed by atoms with van der Waals surface area (Å²) in [6.45, 7) is 11.4. The molecule has 162 valence electrons. The lowest BCUT2D eigenvalue weighted by molar-refractivity contribution is -0.660. The second-order valence-electron chi connectivity index (χ2n) is 10.2. The molecule has 2 nitrogen and oxygen atoms in total. The summed E-state index contributed by atoms with van der Waals surface area (Å²) in [5.41, 5.74) is 8.57. The van der Waals surface area contributed by atoms with Gasteiger partial charge in [0.1, 0.15) is 12.8 Å². The maximum Gasteiger partial charge on any atom is 0.256 e. The number of nitrogens with zero attached hydrogens (tertiary/aromatic N) is 1. The monoisotopic (exact) mass is 414 g/mol. The SMILES string of the molecule is CCC1(CC)CCC(c2cc[n+](C)c3c2Oc2cc(C)cc4cc(C)c(C)c-3c24)CC1. The van der Waals surface area contributed by atoms with Crippen LogP contribution in [0.3, 0.4) is 0 Å². The van der Waals surface area contributed by atoms with Crippen LogP contribution in [0.2, 0.25) is 0 Å². The molecule has 0 spiro atoms. The Kier molecular flexibility index (Phi) is 4.88. The highest BCUT2D eigenvalue weighted by molar-refractivity contribution is 6.05. The minimum Gasteiger partial charge on any atom is -0.449 e. The lowest BCUT2D eigenvalue weighted by Crippen LogP contribution is -2.33. The molecule has 0 radical (unpaired) electrons. The van der Waals surface area contributed by atoms with Gasteiger partial charge < -0.3 is 4.74 Å². The van der Waals surface area contributed by atoms with E-state index in [-0.39, 0.29) is 0 Å². The van der Waals surface area contributed by atoms with Crippen LogP contribution in [0.15, 0.2) is 30.5 Å². The highest BCUT2D eigenvalue weighted by Crippen LogP contribution is 2.53. The number of ether oxygens (including phenoxy) is 1. The van der Waals surface area contributed by atoms with Gasteiger partial charge in [-0.2, -0.15) is 4.57 Å². The van der Waals surface area contributed by atoms with Crippen molar-refractivity contribution in [3.8, 4) is 22.8 Å². The van der Waals surface area contributed by atoms with Gasteiger partial charge in [0.15, 0.2) is 6.20 Å². The van der Waals surface area contributed by atoms with Crippen LogP contribution in [-0.2, 0) is 7.05 Å². The van der Waals surface area contributed by atoms with Gasteiger partial charge >= 0.3 is 0 Å². The lowest BCUT2D eigenvalue weighted by atomic mass is 9.66. The average molecular weight is 415 g/mol. The summed E-state index contributed by atoms with van der Waals surface area (Å²) < 4.78 is 9.05. The van der Waals surface area contributed by atoms with E-state index in [2.05, 4.69) is 76.7 Å². The van der Waals surface area contributed by atoms with Gasteiger partial charge in [0.05, 0.1) is 5.56 Å². The van der Waals surface area contributed by atoms with Crippen LogP contribution < -0.4 is 9.30 Å². The van der Waals surface area contributed by atoms with Crippen LogP contribution in [0, 0.1) is 26.2 Å². The molecule has 0 atom stereocenters. The van der Waals surface area contributed by atoms with Crippen molar-refractivity contribution in [1.82, 2.24) is 0 Å². The molecular weight excluding hydrogens is 378 g/mol. The smallest absolute Gasteiger partial charge is 0.256 e. The van der Waals surface area contributed by atoms with Crippen LogP contribution in [0.4, 0.5) is 0 Å². The van der Waals surface area contributed by atoms with Crippen LogP contribution in [-0.4, -0.2) is 0 Å². The molecule has 2 heteroatoms. The number of pyridine rings is 1. The Balaban J connectivity index is 1.69. The first-order chi connectivity index (χ1) is 14.9. The maximum atomic E-state index is 6.77. The molecule has 1 aromatic heterocycles. The Morgan fingerprint density at radius 2 is 1.74 bits per heavy atom. The molecule has 0 bridgehead atoms. The third kappa shape index (κ3) is 3.10. The summed E-state index contributed by atoms with van der Waals surface area (Å²) in [6.07, 6.45) is 10.1. The zero-order valence-electron chi connectivity index (χ0n) is 20.1. The van der Waals surface area contributed by atoms with Crippen LogP contribution in [0.25, 0.3) is 22.0 Å². The normalized spacial score (nSPS) is 17.5. The number of aromatic nitrogens is 1. The largest absolute Gasteiger partial charge is 0.449 e. The van der Waals surface area contributed by atoms with E-state index >= 15 is 0 Å². The van der Waals surface area contributed by atoms with Crippen molar-refractivity contribution in [1.29, 1.82) is 0 Å². The summed E-state index contributed by atoms with van der Waals surface area (Å²) in [6, 6.07) is 9.17. The molecule has 31 heavy (non-hydrogen) atoms. The van der Waals surface area contributed by atoms with Gasteiger partial charge in [-0.3, -0.25) is 0 Å². The van der Waals surface area contributed by atoms with Gasteiger partial charge in [0, 0.05) is 17.0 Å². The molecule has 2 aliphatic rings. The van der Waals surface area contributed by atoms with Crippen molar-refractivity contribution in [2.24, 2.45) is 12.5 Å². The number of fused-ring (bicyclic) bond motifs is 2. The van der Waals surface area contributed by atoms with E-state index < -0.39 is 0 Å². The van der Waals surface area contributed by atoms with Crippen LogP contribution in [0.1, 0.15) is 80.5 Å². The van der Waals surface area contributed by atoms with E-state index in [0.29, 0.717) is 11.3 Å². The van der Waals surface area contributed by atoms with Crippen LogP contribution >= 0.6 is 0 Å². The molecular formula is C29H36NO+. The fourth-order valence-electron chi connectivity index (χ4n) is 6.23. The molecule has 1 saturated carbocycles. The predicted molar refractivity (Wildman–Crippen MR) is 129 cm³/mol. The predicted octanol–water partition coefficient (Wildman–Crippen LogP) is 7.83. The topological polar surface area (TPSA) is 13.1 Å². The standard InChI is InChI=1S/C29H36NO/c1-7-29(8-2)12-9-21(10-13-29)23-11-14-30(6)27-25-20(5)19(4)17-22-15-18(3)16-24(26(22)25)31-28(23)27/h11,14-17,21H,7-10,12-13H2,1-6H3/q+1. The number of rotatable bonds is 3. The Morgan fingerprint density at radius 1 is 1.03 bits per heavy atom. The van der Waals surface area contributed by atoms with Crippen molar-refractivity contribution in [3.05, 3.63) is 52.7 Å².